The molecule has 0 atom stereocenters. The van der Waals surface area contributed by atoms with Gasteiger partial charge in [0.1, 0.15) is 0 Å². The standard InChI is InChI=1S/C53H33N5S/c1-4-14-34(15-5-1)51-54-52(35-16-6-2-7-17-35)56-53(55-51)39-20-12-18-36(28-39)37-19-13-23-41(29-37)58-47-30-38-26-27-57(40-21-8-3-9-22-40)46(38)31-43(47)44-33-50-45(32-48(44)58)42-24-10-11-25-49(42)59-50/h1-33H. The molecule has 8 aromatic carbocycles. The summed E-state index contributed by atoms with van der Waals surface area (Å²) in [5.74, 6) is 1.93. The van der Waals surface area contributed by atoms with E-state index in [1.807, 2.05) is 72.0 Å². The molecule has 0 fully saturated rings. The van der Waals surface area contributed by atoms with Crippen molar-refractivity contribution in [3.63, 3.8) is 0 Å². The van der Waals surface area contributed by atoms with Gasteiger partial charge in [-0.05, 0) is 77.9 Å². The molecule has 0 aliphatic rings. The lowest BCUT2D eigenvalue weighted by Crippen LogP contribution is -2.00. The average Bonchev–Trinajstić information content (AvgIpc) is 3.99. The van der Waals surface area contributed by atoms with Crippen LogP contribution >= 0.6 is 11.3 Å². The summed E-state index contributed by atoms with van der Waals surface area (Å²) >= 11 is 1.87. The zero-order valence-electron chi connectivity index (χ0n) is 31.7. The average molecular weight is 772 g/mol. The molecule has 5 nitrogen and oxygen atoms in total. The Morgan fingerprint density at radius 2 is 0.881 bits per heavy atom. The maximum Gasteiger partial charge on any atom is 0.164 e. The van der Waals surface area contributed by atoms with Gasteiger partial charge >= 0.3 is 0 Å². The van der Waals surface area contributed by atoms with Crippen molar-refractivity contribution in [3.05, 3.63) is 200 Å². The van der Waals surface area contributed by atoms with Gasteiger partial charge in [-0.3, -0.25) is 0 Å². The molecule has 4 aromatic heterocycles. The quantitative estimate of drug-likeness (QED) is 0.169. The molecule has 0 spiro atoms. The van der Waals surface area contributed by atoms with Crippen LogP contribution in [0.2, 0.25) is 0 Å². The minimum Gasteiger partial charge on any atom is -0.317 e. The number of thiophene rings is 1. The highest BCUT2D eigenvalue weighted by Gasteiger charge is 2.19. The first-order chi connectivity index (χ1) is 29.2. The highest BCUT2D eigenvalue weighted by Crippen LogP contribution is 2.42. The third-order valence-corrected chi connectivity index (χ3v) is 12.5. The van der Waals surface area contributed by atoms with Crippen molar-refractivity contribution in [2.45, 2.75) is 0 Å². The van der Waals surface area contributed by atoms with Gasteiger partial charge in [0.25, 0.3) is 0 Å². The van der Waals surface area contributed by atoms with Crippen molar-refractivity contribution in [2.75, 3.05) is 0 Å². The highest BCUT2D eigenvalue weighted by atomic mass is 32.1. The molecule has 0 aliphatic carbocycles. The van der Waals surface area contributed by atoms with Gasteiger partial charge in [0.05, 0.1) is 16.6 Å². The lowest BCUT2D eigenvalue weighted by Gasteiger charge is -2.12. The summed E-state index contributed by atoms with van der Waals surface area (Å²) in [6.45, 7) is 0. The Labute approximate surface area is 343 Å². The summed E-state index contributed by atoms with van der Waals surface area (Å²) in [6.07, 6.45) is 2.18. The third-order valence-electron chi connectivity index (χ3n) is 11.4. The Hall–Kier alpha value is -7.67. The summed E-state index contributed by atoms with van der Waals surface area (Å²) < 4.78 is 7.35. The Kier molecular flexibility index (Phi) is 7.64. The van der Waals surface area contributed by atoms with Crippen LogP contribution in [0.3, 0.4) is 0 Å². The first kappa shape index (κ1) is 33.5. The van der Waals surface area contributed by atoms with Crippen LogP contribution in [0.5, 0.6) is 0 Å². The second kappa shape index (κ2) is 13.5. The van der Waals surface area contributed by atoms with Crippen LogP contribution in [0.1, 0.15) is 0 Å². The van der Waals surface area contributed by atoms with E-state index in [0.29, 0.717) is 17.5 Å². The summed E-state index contributed by atoms with van der Waals surface area (Å²) in [6, 6.07) is 68.8. The van der Waals surface area contributed by atoms with Crippen LogP contribution in [0, 0.1) is 0 Å². The van der Waals surface area contributed by atoms with Crippen molar-refractivity contribution in [2.24, 2.45) is 0 Å². The number of rotatable bonds is 6. The number of para-hydroxylation sites is 1. The van der Waals surface area contributed by atoms with Gasteiger partial charge in [0, 0.05) is 70.6 Å². The molecule has 12 rings (SSSR count). The Balaban J connectivity index is 1.04. The van der Waals surface area contributed by atoms with E-state index in [0.717, 1.165) is 39.2 Å². The first-order valence-electron chi connectivity index (χ1n) is 19.8. The van der Waals surface area contributed by atoms with Crippen molar-refractivity contribution in [3.8, 4) is 56.7 Å². The van der Waals surface area contributed by atoms with Crippen LogP contribution in [0.4, 0.5) is 0 Å². The van der Waals surface area contributed by atoms with Crippen LogP contribution < -0.4 is 0 Å². The van der Waals surface area contributed by atoms with E-state index >= 15 is 0 Å². The predicted molar refractivity (Wildman–Crippen MR) is 246 cm³/mol. The molecule has 12 aromatic rings. The van der Waals surface area contributed by atoms with Crippen LogP contribution in [-0.2, 0) is 0 Å². The van der Waals surface area contributed by atoms with E-state index in [1.165, 1.54) is 52.9 Å². The molecule has 0 saturated carbocycles. The molecule has 0 aliphatic heterocycles. The van der Waals surface area contributed by atoms with E-state index in [2.05, 4.69) is 149 Å². The fourth-order valence-corrected chi connectivity index (χ4v) is 9.68. The molecule has 0 saturated heterocycles. The predicted octanol–water partition coefficient (Wildman–Crippen LogP) is 13.9. The minimum atomic E-state index is 0.636. The van der Waals surface area contributed by atoms with Gasteiger partial charge in [0.2, 0.25) is 0 Å². The Morgan fingerprint density at radius 1 is 0.339 bits per heavy atom. The maximum atomic E-state index is 5.02. The van der Waals surface area contributed by atoms with Crippen LogP contribution in [0.25, 0.3) is 110 Å². The first-order valence-corrected chi connectivity index (χ1v) is 20.6. The molecular weight excluding hydrogens is 739 g/mol. The molecule has 6 heteroatoms. The summed E-state index contributed by atoms with van der Waals surface area (Å²) in [7, 11) is 0. The van der Waals surface area contributed by atoms with E-state index in [-0.39, 0.29) is 0 Å². The van der Waals surface area contributed by atoms with Crippen molar-refractivity contribution < 1.29 is 0 Å². The van der Waals surface area contributed by atoms with E-state index in [9.17, 15) is 0 Å². The van der Waals surface area contributed by atoms with Gasteiger partial charge < -0.3 is 9.13 Å². The second-order valence-electron chi connectivity index (χ2n) is 14.9. The van der Waals surface area contributed by atoms with Gasteiger partial charge in [-0.15, -0.1) is 11.3 Å². The molecular formula is C53H33N5S. The molecule has 0 bridgehead atoms. The van der Waals surface area contributed by atoms with Crippen LogP contribution in [0.15, 0.2) is 200 Å². The highest BCUT2D eigenvalue weighted by molar-refractivity contribution is 7.25. The molecule has 0 N–H and O–H groups in total. The van der Waals surface area contributed by atoms with Crippen molar-refractivity contribution in [1.29, 1.82) is 0 Å². The van der Waals surface area contributed by atoms with Crippen LogP contribution in [-0.4, -0.2) is 24.1 Å². The smallest absolute Gasteiger partial charge is 0.164 e. The lowest BCUT2D eigenvalue weighted by atomic mass is 10.0. The van der Waals surface area contributed by atoms with Gasteiger partial charge in [-0.2, -0.15) is 0 Å². The normalized spacial score (nSPS) is 11.7. The number of benzene rings is 8. The van der Waals surface area contributed by atoms with E-state index in [1.54, 1.807) is 0 Å². The topological polar surface area (TPSA) is 48.5 Å². The van der Waals surface area contributed by atoms with Gasteiger partial charge in [-0.1, -0.05) is 127 Å². The van der Waals surface area contributed by atoms with Gasteiger partial charge in [-0.25, -0.2) is 15.0 Å². The monoisotopic (exact) mass is 771 g/mol. The van der Waals surface area contributed by atoms with Crippen molar-refractivity contribution >= 4 is 64.2 Å². The Bertz CT molecular complexity index is 3490. The lowest BCUT2D eigenvalue weighted by molar-refractivity contribution is 1.07. The van der Waals surface area contributed by atoms with Crippen molar-refractivity contribution in [1.82, 2.24) is 24.1 Å². The molecule has 0 radical (unpaired) electrons. The maximum absolute atomic E-state index is 5.02. The largest absolute Gasteiger partial charge is 0.317 e. The Morgan fingerprint density at radius 3 is 1.63 bits per heavy atom. The summed E-state index contributed by atoms with van der Waals surface area (Å²) in [5.41, 5.74) is 10.8. The molecule has 0 amide bonds. The number of fused-ring (bicyclic) bond motifs is 7. The zero-order valence-corrected chi connectivity index (χ0v) is 32.5. The number of hydrogen-bond acceptors (Lipinski definition) is 4. The SMILES string of the molecule is c1ccc(-c2nc(-c3ccccc3)nc(-c3cccc(-c4cccc(-n5c6cc7ccn(-c8ccccc8)c7cc6c6cc7sc8ccccc8c7cc65)c4)c3)n2)cc1. The molecule has 0 unspecified atom stereocenters. The van der Waals surface area contributed by atoms with E-state index < -0.39 is 0 Å². The fourth-order valence-electron chi connectivity index (χ4n) is 8.55. The third kappa shape index (κ3) is 5.64. The second-order valence-corrected chi connectivity index (χ2v) is 16.0. The summed E-state index contributed by atoms with van der Waals surface area (Å²) in [5, 5.41) is 6.25. The summed E-state index contributed by atoms with van der Waals surface area (Å²) in [4.78, 5) is 15.0. The fraction of sp³-hybridized carbons (Fsp3) is 0. The number of aromatic nitrogens is 5. The zero-order chi connectivity index (χ0) is 38.9. The number of nitrogens with zero attached hydrogens (tertiary/aromatic N) is 5. The molecule has 4 heterocycles. The number of hydrogen-bond donors (Lipinski definition) is 0. The minimum absolute atomic E-state index is 0.636. The molecule has 276 valence electrons. The van der Waals surface area contributed by atoms with Gasteiger partial charge in [0.15, 0.2) is 17.5 Å². The van der Waals surface area contributed by atoms with E-state index in [4.69, 9.17) is 15.0 Å². The molecule has 59 heavy (non-hydrogen) atoms.